The highest BCUT2D eigenvalue weighted by Gasteiger charge is 2.21. The molecule has 0 bridgehead atoms. The lowest BCUT2D eigenvalue weighted by molar-refractivity contribution is 0.258. The molecule has 1 rings (SSSR count). The molecule has 0 spiro atoms. The van der Waals surface area contributed by atoms with Crippen molar-refractivity contribution in [3.8, 4) is 0 Å². The maximum absolute atomic E-state index is 5.53. The van der Waals surface area contributed by atoms with Gasteiger partial charge in [-0.25, -0.2) is 0 Å². The van der Waals surface area contributed by atoms with Crippen molar-refractivity contribution in [1.29, 1.82) is 0 Å². The van der Waals surface area contributed by atoms with Gasteiger partial charge in [0.25, 0.3) is 0 Å². The predicted molar refractivity (Wildman–Crippen MR) is 98.7 cm³/mol. The molecule has 126 valence electrons. The van der Waals surface area contributed by atoms with Crippen molar-refractivity contribution in [1.82, 2.24) is 4.90 Å². The summed E-state index contributed by atoms with van der Waals surface area (Å²) in [7, 11) is 0. The molecule has 0 radical (unpaired) electrons. The molecule has 0 aromatic carbocycles. The molecule has 0 aromatic heterocycles. The van der Waals surface area contributed by atoms with Gasteiger partial charge in [0, 0.05) is 18.3 Å². The van der Waals surface area contributed by atoms with Crippen molar-refractivity contribution in [2.75, 3.05) is 13.1 Å². The topological polar surface area (TPSA) is 29.3 Å². The van der Waals surface area contributed by atoms with Crippen molar-refractivity contribution in [3.63, 3.8) is 0 Å². The Morgan fingerprint density at radius 1 is 1.36 bits per heavy atom. The highest BCUT2D eigenvalue weighted by atomic mass is 15.2. The number of rotatable bonds is 10. The molecule has 22 heavy (non-hydrogen) atoms. The van der Waals surface area contributed by atoms with E-state index in [4.69, 9.17) is 5.73 Å². The smallest absolute Gasteiger partial charge is 0.0473 e. The molecule has 2 atom stereocenters. The van der Waals surface area contributed by atoms with Crippen LogP contribution >= 0.6 is 0 Å². The van der Waals surface area contributed by atoms with E-state index in [1.54, 1.807) is 0 Å². The van der Waals surface area contributed by atoms with Gasteiger partial charge in [0.2, 0.25) is 0 Å². The summed E-state index contributed by atoms with van der Waals surface area (Å²) < 4.78 is 0. The summed E-state index contributed by atoms with van der Waals surface area (Å²) in [6, 6.07) is 0.532. The van der Waals surface area contributed by atoms with Gasteiger partial charge in [-0.05, 0) is 51.0 Å². The van der Waals surface area contributed by atoms with E-state index in [0.717, 1.165) is 32.4 Å². The zero-order chi connectivity index (χ0) is 16.2. The predicted octanol–water partition coefficient (Wildman–Crippen LogP) is 5.03. The minimum Gasteiger partial charge on any atom is -0.365 e. The third-order valence-electron chi connectivity index (χ3n) is 4.49. The number of allylic oxidation sites excluding steroid dienone is 3. The van der Waals surface area contributed by atoms with Crippen LogP contribution in [0, 0.1) is 5.92 Å². The number of nitrogens with two attached hydrogens (primary N) is 1. The zero-order valence-electron chi connectivity index (χ0n) is 14.8. The van der Waals surface area contributed by atoms with E-state index in [-0.39, 0.29) is 0 Å². The molecule has 1 aliphatic rings. The molecule has 2 heteroatoms. The molecule has 0 aromatic rings. The van der Waals surface area contributed by atoms with Crippen molar-refractivity contribution in [2.45, 2.75) is 71.3 Å². The third kappa shape index (κ3) is 7.31. The van der Waals surface area contributed by atoms with Crippen LogP contribution in [0.25, 0.3) is 0 Å². The van der Waals surface area contributed by atoms with Crippen LogP contribution < -0.4 is 5.73 Å². The van der Waals surface area contributed by atoms with Gasteiger partial charge in [0.1, 0.15) is 0 Å². The highest BCUT2D eigenvalue weighted by Crippen LogP contribution is 2.26. The monoisotopic (exact) mass is 304 g/mol. The average molecular weight is 305 g/mol. The standard InChI is InChI=1S/C20H36N2/c1-4-5-11-18(2)14-15-20-13-10-12-19(3)22(20)17-9-7-6-8-16-21/h7,9,14-15,18,20H,3-6,8,10-13,16-17,21H2,1-2H3/b9-7-,15-14+. The van der Waals surface area contributed by atoms with Crippen LogP contribution in [0.4, 0.5) is 0 Å². The minimum absolute atomic E-state index is 0.532. The van der Waals surface area contributed by atoms with Crippen molar-refractivity contribution in [3.05, 3.63) is 36.6 Å². The average Bonchev–Trinajstić information content (AvgIpc) is 2.52. The van der Waals surface area contributed by atoms with Crippen LogP contribution in [0.1, 0.15) is 65.2 Å². The quantitative estimate of drug-likeness (QED) is 0.453. The summed E-state index contributed by atoms with van der Waals surface area (Å²) in [5.41, 5.74) is 6.83. The summed E-state index contributed by atoms with van der Waals surface area (Å²) >= 11 is 0. The molecule has 0 amide bonds. The number of hydrogen-bond acceptors (Lipinski definition) is 2. The fourth-order valence-corrected chi connectivity index (χ4v) is 3.00. The molecule has 0 saturated carbocycles. The number of piperidine rings is 1. The minimum atomic E-state index is 0.532. The molecule has 2 unspecified atom stereocenters. The van der Waals surface area contributed by atoms with Gasteiger partial charge in [0.15, 0.2) is 0 Å². The Morgan fingerprint density at radius 3 is 2.91 bits per heavy atom. The number of nitrogens with zero attached hydrogens (tertiary/aromatic N) is 1. The second-order valence-electron chi connectivity index (χ2n) is 6.58. The lowest BCUT2D eigenvalue weighted by Crippen LogP contribution is -2.36. The second kappa shape index (κ2) is 11.5. The van der Waals surface area contributed by atoms with Crippen LogP contribution in [0.5, 0.6) is 0 Å². The van der Waals surface area contributed by atoms with Gasteiger partial charge in [-0.3, -0.25) is 0 Å². The molecule has 1 saturated heterocycles. The Hall–Kier alpha value is -1.02. The number of hydrogen-bond donors (Lipinski definition) is 1. The van der Waals surface area contributed by atoms with Crippen LogP contribution in [-0.4, -0.2) is 24.0 Å². The third-order valence-corrected chi connectivity index (χ3v) is 4.49. The van der Waals surface area contributed by atoms with Crippen LogP contribution in [0.2, 0.25) is 0 Å². The summed E-state index contributed by atoms with van der Waals surface area (Å²) in [6.45, 7) is 10.6. The van der Waals surface area contributed by atoms with Crippen molar-refractivity contribution < 1.29 is 0 Å². The SMILES string of the molecule is C=C1CCCC(/C=C/C(C)CCCC)N1C/C=C\CCCN. The van der Waals surface area contributed by atoms with E-state index in [0.29, 0.717) is 12.0 Å². The Bertz CT molecular complexity index is 357. The Balaban J connectivity index is 2.51. The van der Waals surface area contributed by atoms with Gasteiger partial charge < -0.3 is 10.6 Å². The first-order chi connectivity index (χ1) is 10.7. The zero-order valence-corrected chi connectivity index (χ0v) is 14.8. The van der Waals surface area contributed by atoms with Crippen LogP contribution in [0.15, 0.2) is 36.6 Å². The Kier molecular flexibility index (Phi) is 9.98. The first-order valence-electron chi connectivity index (χ1n) is 9.16. The van der Waals surface area contributed by atoms with Gasteiger partial charge in [0.05, 0.1) is 0 Å². The summed E-state index contributed by atoms with van der Waals surface area (Å²) in [5.74, 6) is 0.692. The van der Waals surface area contributed by atoms with E-state index in [2.05, 4.69) is 49.6 Å². The van der Waals surface area contributed by atoms with E-state index in [1.165, 1.54) is 37.8 Å². The molecule has 1 aliphatic heterocycles. The molecular formula is C20H36N2. The first-order valence-corrected chi connectivity index (χ1v) is 9.16. The van der Waals surface area contributed by atoms with Crippen LogP contribution in [0.3, 0.4) is 0 Å². The van der Waals surface area contributed by atoms with Crippen molar-refractivity contribution in [2.24, 2.45) is 11.7 Å². The van der Waals surface area contributed by atoms with Gasteiger partial charge >= 0.3 is 0 Å². The fraction of sp³-hybridized carbons (Fsp3) is 0.700. The normalized spacial score (nSPS) is 21.1. The number of unbranched alkanes of at least 4 members (excludes halogenated alkanes) is 2. The number of likely N-dealkylation sites (tertiary alicyclic amines) is 1. The Labute approximate surface area is 138 Å². The lowest BCUT2D eigenvalue weighted by Gasteiger charge is -2.37. The van der Waals surface area contributed by atoms with Gasteiger partial charge in [-0.15, -0.1) is 0 Å². The van der Waals surface area contributed by atoms with E-state index >= 15 is 0 Å². The fourth-order valence-electron chi connectivity index (χ4n) is 3.00. The molecule has 2 nitrogen and oxygen atoms in total. The van der Waals surface area contributed by atoms with E-state index in [1.807, 2.05) is 0 Å². The van der Waals surface area contributed by atoms with E-state index < -0.39 is 0 Å². The molecular weight excluding hydrogens is 268 g/mol. The first kappa shape index (κ1) is 19.0. The Morgan fingerprint density at radius 2 is 2.18 bits per heavy atom. The maximum Gasteiger partial charge on any atom is 0.0473 e. The van der Waals surface area contributed by atoms with Crippen LogP contribution in [-0.2, 0) is 0 Å². The molecule has 2 N–H and O–H groups in total. The van der Waals surface area contributed by atoms with Gasteiger partial charge in [-0.1, -0.05) is 57.6 Å². The summed E-state index contributed by atoms with van der Waals surface area (Å²) in [6.07, 6.45) is 19.2. The summed E-state index contributed by atoms with van der Waals surface area (Å²) in [4.78, 5) is 2.48. The summed E-state index contributed by atoms with van der Waals surface area (Å²) in [5, 5.41) is 0. The lowest BCUT2D eigenvalue weighted by atomic mass is 9.96. The molecule has 0 aliphatic carbocycles. The largest absolute Gasteiger partial charge is 0.365 e. The molecule has 1 fully saturated rings. The van der Waals surface area contributed by atoms with Crippen molar-refractivity contribution >= 4 is 0 Å². The maximum atomic E-state index is 5.53. The van der Waals surface area contributed by atoms with Gasteiger partial charge in [-0.2, -0.15) is 0 Å². The van der Waals surface area contributed by atoms with E-state index in [9.17, 15) is 0 Å². The molecule has 1 heterocycles. The highest BCUT2D eigenvalue weighted by molar-refractivity contribution is 5.10. The second-order valence-corrected chi connectivity index (χ2v) is 6.58.